The van der Waals surface area contributed by atoms with E-state index >= 15 is 0 Å². The van der Waals surface area contributed by atoms with Gasteiger partial charge in [0.1, 0.15) is 17.3 Å². The van der Waals surface area contributed by atoms with Gasteiger partial charge in [0.25, 0.3) is 5.91 Å². The first-order valence-corrected chi connectivity index (χ1v) is 8.53. The summed E-state index contributed by atoms with van der Waals surface area (Å²) in [5.41, 5.74) is 6.14. The molecule has 27 heavy (non-hydrogen) atoms. The van der Waals surface area contributed by atoms with Crippen molar-refractivity contribution >= 4 is 11.9 Å². The zero-order chi connectivity index (χ0) is 20.0. The van der Waals surface area contributed by atoms with Crippen LogP contribution in [0.1, 0.15) is 33.5 Å². The zero-order valence-electron chi connectivity index (χ0n) is 16.3. The van der Waals surface area contributed by atoms with Crippen molar-refractivity contribution in [3.8, 4) is 5.75 Å². The van der Waals surface area contributed by atoms with E-state index in [2.05, 4.69) is 16.2 Å². The van der Waals surface area contributed by atoms with Crippen LogP contribution in [0.5, 0.6) is 5.75 Å². The number of aryl methyl sites for hydroxylation is 2. The lowest BCUT2D eigenvalue weighted by Crippen LogP contribution is -2.48. The van der Waals surface area contributed by atoms with Gasteiger partial charge in [-0.25, -0.2) is 10.2 Å². The summed E-state index contributed by atoms with van der Waals surface area (Å²) in [6.45, 7) is 3.81. The third kappa shape index (κ3) is 5.49. The van der Waals surface area contributed by atoms with Crippen LogP contribution in [0, 0.1) is 13.8 Å². The van der Waals surface area contributed by atoms with Crippen molar-refractivity contribution in [3.63, 3.8) is 0 Å². The standard InChI is InChI=1S/C19H26N4O4/c1-12-10-16(13(2)27-12)18(24)21-22-19(25)20-11-17(23(3)4)14-6-8-15(26-5)9-7-14/h6-10,17H,11H2,1-5H3,(H,21,24)(H2,20,22,25). The van der Waals surface area contributed by atoms with Crippen LogP contribution < -0.4 is 20.9 Å². The second kappa shape index (κ2) is 9.09. The number of carbonyl (C=O) groups is 2. The second-order valence-electron chi connectivity index (χ2n) is 6.37. The van der Waals surface area contributed by atoms with Crippen molar-refractivity contribution in [1.82, 2.24) is 21.1 Å². The zero-order valence-corrected chi connectivity index (χ0v) is 16.3. The number of carbonyl (C=O) groups excluding carboxylic acids is 2. The molecule has 2 aromatic rings. The first kappa shape index (κ1) is 20.3. The van der Waals surface area contributed by atoms with Gasteiger partial charge in [-0.2, -0.15) is 0 Å². The van der Waals surface area contributed by atoms with Crippen LogP contribution in [0.25, 0.3) is 0 Å². The predicted molar refractivity (Wildman–Crippen MR) is 102 cm³/mol. The monoisotopic (exact) mass is 374 g/mol. The molecule has 0 saturated carbocycles. The van der Waals surface area contributed by atoms with E-state index in [0.29, 0.717) is 23.6 Å². The predicted octanol–water partition coefficient (Wildman–Crippen LogP) is 2.15. The van der Waals surface area contributed by atoms with Crippen molar-refractivity contribution in [3.05, 3.63) is 53.0 Å². The number of amides is 3. The highest BCUT2D eigenvalue weighted by Crippen LogP contribution is 2.20. The molecular formula is C19H26N4O4. The molecule has 3 N–H and O–H groups in total. The fourth-order valence-electron chi connectivity index (χ4n) is 2.70. The van der Waals surface area contributed by atoms with E-state index < -0.39 is 11.9 Å². The molecule has 1 aromatic heterocycles. The first-order chi connectivity index (χ1) is 12.8. The van der Waals surface area contributed by atoms with Gasteiger partial charge in [0.15, 0.2) is 0 Å². The van der Waals surface area contributed by atoms with Crippen LogP contribution in [0.15, 0.2) is 34.7 Å². The van der Waals surface area contributed by atoms with Crippen molar-refractivity contribution < 1.29 is 18.7 Å². The van der Waals surface area contributed by atoms with Gasteiger partial charge < -0.3 is 19.4 Å². The highest BCUT2D eigenvalue weighted by atomic mass is 16.5. The molecule has 146 valence electrons. The number of hydrogen-bond donors (Lipinski definition) is 3. The summed E-state index contributed by atoms with van der Waals surface area (Å²) in [4.78, 5) is 26.1. The minimum atomic E-state index is -0.499. The molecule has 0 aliphatic carbocycles. The minimum absolute atomic E-state index is 0.0314. The highest BCUT2D eigenvalue weighted by Gasteiger charge is 2.17. The van der Waals surface area contributed by atoms with Crippen molar-refractivity contribution in [2.75, 3.05) is 27.7 Å². The lowest BCUT2D eigenvalue weighted by atomic mass is 10.1. The highest BCUT2D eigenvalue weighted by molar-refractivity contribution is 5.96. The Kier molecular flexibility index (Phi) is 6.84. The molecular weight excluding hydrogens is 348 g/mol. The average Bonchev–Trinajstić information content (AvgIpc) is 2.98. The number of nitrogens with zero attached hydrogens (tertiary/aromatic N) is 1. The Labute approximate surface area is 158 Å². The number of hydrazine groups is 1. The number of hydrogen-bond acceptors (Lipinski definition) is 5. The minimum Gasteiger partial charge on any atom is -0.497 e. The van der Waals surface area contributed by atoms with Gasteiger partial charge in [0.05, 0.1) is 18.7 Å². The maximum Gasteiger partial charge on any atom is 0.333 e. The van der Waals surface area contributed by atoms with E-state index in [1.807, 2.05) is 43.3 Å². The number of furan rings is 1. The van der Waals surface area contributed by atoms with Gasteiger partial charge in [0, 0.05) is 6.54 Å². The van der Waals surface area contributed by atoms with Crippen molar-refractivity contribution in [2.45, 2.75) is 19.9 Å². The molecule has 2 rings (SSSR count). The van der Waals surface area contributed by atoms with E-state index in [0.717, 1.165) is 11.3 Å². The number of benzene rings is 1. The largest absolute Gasteiger partial charge is 0.497 e. The molecule has 1 heterocycles. The van der Waals surface area contributed by atoms with Crippen molar-refractivity contribution in [2.24, 2.45) is 0 Å². The molecule has 0 fully saturated rings. The van der Waals surface area contributed by atoms with E-state index in [9.17, 15) is 9.59 Å². The summed E-state index contributed by atoms with van der Waals surface area (Å²) in [6.07, 6.45) is 0. The van der Waals surface area contributed by atoms with Gasteiger partial charge in [-0.3, -0.25) is 10.2 Å². The van der Waals surface area contributed by atoms with E-state index in [4.69, 9.17) is 9.15 Å². The van der Waals surface area contributed by atoms with Crippen LogP contribution in [0.2, 0.25) is 0 Å². The van der Waals surface area contributed by atoms with Gasteiger partial charge in [-0.05, 0) is 51.7 Å². The Hall–Kier alpha value is -3.00. The quantitative estimate of drug-likeness (QED) is 0.674. The molecule has 1 unspecified atom stereocenters. The van der Waals surface area contributed by atoms with Crippen LogP contribution in [0.4, 0.5) is 4.79 Å². The fourth-order valence-corrected chi connectivity index (χ4v) is 2.70. The summed E-state index contributed by atoms with van der Waals surface area (Å²) >= 11 is 0. The molecule has 8 nitrogen and oxygen atoms in total. The van der Waals surface area contributed by atoms with E-state index in [1.54, 1.807) is 27.0 Å². The van der Waals surface area contributed by atoms with Crippen LogP contribution in [-0.2, 0) is 0 Å². The third-order valence-electron chi connectivity index (χ3n) is 4.16. The Morgan fingerprint density at radius 2 is 1.81 bits per heavy atom. The Morgan fingerprint density at radius 1 is 1.15 bits per heavy atom. The van der Waals surface area contributed by atoms with E-state index in [-0.39, 0.29) is 6.04 Å². The number of urea groups is 1. The van der Waals surface area contributed by atoms with Gasteiger partial charge >= 0.3 is 6.03 Å². The normalized spacial score (nSPS) is 11.8. The topological polar surface area (TPSA) is 95.8 Å². The van der Waals surface area contributed by atoms with Crippen LogP contribution in [-0.4, -0.2) is 44.6 Å². The molecule has 1 aromatic carbocycles. The lowest BCUT2D eigenvalue weighted by molar-refractivity contribution is 0.0934. The summed E-state index contributed by atoms with van der Waals surface area (Å²) in [6, 6.07) is 8.75. The molecule has 0 aliphatic heterocycles. The molecule has 0 saturated heterocycles. The fraction of sp³-hybridized carbons (Fsp3) is 0.368. The van der Waals surface area contributed by atoms with Crippen molar-refractivity contribution in [1.29, 1.82) is 0 Å². The molecule has 3 amide bonds. The first-order valence-electron chi connectivity index (χ1n) is 8.53. The molecule has 8 heteroatoms. The lowest BCUT2D eigenvalue weighted by Gasteiger charge is -2.25. The number of nitrogens with one attached hydrogen (secondary N) is 3. The number of likely N-dealkylation sites (N-methyl/N-ethyl adjacent to an activating group) is 1. The Morgan fingerprint density at radius 3 is 2.33 bits per heavy atom. The molecule has 0 spiro atoms. The van der Waals surface area contributed by atoms with E-state index in [1.165, 1.54) is 0 Å². The second-order valence-corrected chi connectivity index (χ2v) is 6.37. The summed E-state index contributed by atoms with van der Waals surface area (Å²) in [5, 5.41) is 2.76. The molecule has 0 bridgehead atoms. The van der Waals surface area contributed by atoms with Gasteiger partial charge in [-0.1, -0.05) is 12.1 Å². The third-order valence-corrected chi connectivity index (χ3v) is 4.16. The smallest absolute Gasteiger partial charge is 0.333 e. The molecule has 0 radical (unpaired) electrons. The van der Waals surface area contributed by atoms with Gasteiger partial charge in [0.2, 0.25) is 0 Å². The SMILES string of the molecule is COc1ccc(C(CNC(=O)NNC(=O)c2cc(C)oc2C)N(C)C)cc1. The average molecular weight is 374 g/mol. The Balaban J connectivity index is 1.88. The maximum atomic E-state index is 12.1. The summed E-state index contributed by atoms with van der Waals surface area (Å²) in [7, 11) is 5.48. The molecule has 1 atom stereocenters. The Bertz CT molecular complexity index is 784. The van der Waals surface area contributed by atoms with Gasteiger partial charge in [-0.15, -0.1) is 0 Å². The number of methoxy groups -OCH3 is 1. The van der Waals surface area contributed by atoms with Crippen LogP contribution in [0.3, 0.4) is 0 Å². The number of rotatable bonds is 6. The van der Waals surface area contributed by atoms with Crippen LogP contribution >= 0.6 is 0 Å². The number of ether oxygens (including phenoxy) is 1. The summed E-state index contributed by atoms with van der Waals surface area (Å²) in [5.74, 6) is 1.48. The molecule has 0 aliphatic rings. The maximum absolute atomic E-state index is 12.1. The summed E-state index contributed by atoms with van der Waals surface area (Å²) < 4.78 is 10.5.